The second kappa shape index (κ2) is 8.47. The van der Waals surface area contributed by atoms with Crippen LogP contribution in [0, 0.1) is 20.8 Å². The summed E-state index contributed by atoms with van der Waals surface area (Å²) in [6.07, 6.45) is 0. The van der Waals surface area contributed by atoms with Gasteiger partial charge in [-0.3, -0.25) is 14.5 Å². The third-order valence-corrected chi connectivity index (χ3v) is 5.92. The van der Waals surface area contributed by atoms with Crippen molar-refractivity contribution in [1.29, 1.82) is 0 Å². The standard InChI is InChI=1S/C23H28N6O2/c1-14-17(5-6-18-21(14)27-22(30)16(3)26-18)13-28-9-11-29(12-10-28)20-8-7-19(23(31)24-4)25-15(20)2/h5-8H,9-13H2,1-4H3,(H,24,31)(H,27,30)/i4D3. The van der Waals surface area contributed by atoms with Gasteiger partial charge in [0.15, 0.2) is 0 Å². The molecule has 1 saturated heterocycles. The smallest absolute Gasteiger partial charge is 0.269 e. The first-order valence-corrected chi connectivity index (χ1v) is 10.3. The van der Waals surface area contributed by atoms with Gasteiger partial charge in [-0.2, -0.15) is 0 Å². The van der Waals surface area contributed by atoms with Crippen molar-refractivity contribution in [2.24, 2.45) is 0 Å². The number of hydrogen-bond donors (Lipinski definition) is 2. The van der Waals surface area contributed by atoms with Crippen molar-refractivity contribution >= 4 is 22.6 Å². The van der Waals surface area contributed by atoms with Crippen molar-refractivity contribution in [3.8, 4) is 0 Å². The average Bonchev–Trinajstić information content (AvgIpc) is 2.77. The molecule has 1 fully saturated rings. The number of amides is 1. The van der Waals surface area contributed by atoms with Crippen molar-refractivity contribution in [3.05, 3.63) is 62.8 Å². The summed E-state index contributed by atoms with van der Waals surface area (Å²) in [7, 11) is 0. The predicted octanol–water partition coefficient (Wildman–Crippen LogP) is 1.93. The fraction of sp³-hybridized carbons (Fsp3) is 0.391. The summed E-state index contributed by atoms with van der Waals surface area (Å²) in [5.41, 5.74) is 5.79. The lowest BCUT2D eigenvalue weighted by atomic mass is 10.1. The lowest BCUT2D eigenvalue weighted by Gasteiger charge is -2.36. The summed E-state index contributed by atoms with van der Waals surface area (Å²) < 4.78 is 21.5. The highest BCUT2D eigenvalue weighted by molar-refractivity contribution is 5.92. The largest absolute Gasteiger partial charge is 0.368 e. The molecule has 0 bridgehead atoms. The third-order valence-electron chi connectivity index (χ3n) is 5.92. The molecule has 31 heavy (non-hydrogen) atoms. The predicted molar refractivity (Wildman–Crippen MR) is 122 cm³/mol. The number of fused-ring (bicyclic) bond motifs is 1. The summed E-state index contributed by atoms with van der Waals surface area (Å²) in [4.78, 5) is 40.4. The molecule has 8 nitrogen and oxygen atoms in total. The highest BCUT2D eigenvalue weighted by atomic mass is 16.1. The molecule has 0 aliphatic carbocycles. The average molecular weight is 424 g/mol. The van der Waals surface area contributed by atoms with E-state index >= 15 is 0 Å². The van der Waals surface area contributed by atoms with Gasteiger partial charge in [0.05, 0.1) is 22.4 Å². The monoisotopic (exact) mass is 423 g/mol. The Balaban J connectivity index is 1.42. The number of nitrogens with one attached hydrogen (secondary N) is 2. The summed E-state index contributed by atoms with van der Waals surface area (Å²) >= 11 is 0. The molecule has 8 heteroatoms. The SMILES string of the molecule is [2H]C([2H])([2H])NC(=O)c1ccc(N2CCN(Cc3ccc4nc(C)c(=O)[nH]c4c3C)CC2)c(C)n1. The van der Waals surface area contributed by atoms with Crippen molar-refractivity contribution < 1.29 is 8.91 Å². The fourth-order valence-corrected chi connectivity index (χ4v) is 4.06. The molecule has 4 rings (SSSR count). The van der Waals surface area contributed by atoms with Crippen LogP contribution in [0.1, 0.15) is 37.1 Å². The highest BCUT2D eigenvalue weighted by Crippen LogP contribution is 2.23. The van der Waals surface area contributed by atoms with Gasteiger partial charge in [0, 0.05) is 43.8 Å². The molecule has 0 spiro atoms. The van der Waals surface area contributed by atoms with E-state index in [0.717, 1.165) is 60.6 Å². The Hall–Kier alpha value is -3.26. The van der Waals surface area contributed by atoms with Gasteiger partial charge < -0.3 is 15.2 Å². The fourth-order valence-electron chi connectivity index (χ4n) is 4.06. The normalized spacial score (nSPS) is 16.6. The number of carbonyl (C=O) groups is 1. The van der Waals surface area contributed by atoms with E-state index in [2.05, 4.69) is 30.8 Å². The van der Waals surface area contributed by atoms with E-state index in [1.165, 1.54) is 0 Å². The lowest BCUT2D eigenvalue weighted by Crippen LogP contribution is -2.46. The van der Waals surface area contributed by atoms with Gasteiger partial charge in [0.25, 0.3) is 11.5 Å². The van der Waals surface area contributed by atoms with Crippen LogP contribution >= 0.6 is 0 Å². The van der Waals surface area contributed by atoms with Crippen LogP contribution < -0.4 is 15.8 Å². The zero-order chi connectivity index (χ0) is 24.6. The van der Waals surface area contributed by atoms with Gasteiger partial charge >= 0.3 is 0 Å². The molecule has 1 amide bonds. The third kappa shape index (κ3) is 4.16. The number of benzene rings is 1. The van der Waals surface area contributed by atoms with Gasteiger partial charge in [-0.25, -0.2) is 9.97 Å². The van der Waals surface area contributed by atoms with Crippen LogP contribution in [0.15, 0.2) is 29.1 Å². The maximum absolute atomic E-state index is 12.1. The van der Waals surface area contributed by atoms with Crippen LogP contribution in [0.5, 0.6) is 0 Å². The van der Waals surface area contributed by atoms with E-state index < -0.39 is 12.9 Å². The number of rotatable bonds is 4. The van der Waals surface area contributed by atoms with Crippen molar-refractivity contribution in [1.82, 2.24) is 25.2 Å². The highest BCUT2D eigenvalue weighted by Gasteiger charge is 2.20. The molecule has 1 aliphatic rings. The zero-order valence-corrected chi connectivity index (χ0v) is 18.0. The van der Waals surface area contributed by atoms with E-state index in [1.54, 1.807) is 13.0 Å². The molecule has 3 heterocycles. The first-order valence-electron chi connectivity index (χ1n) is 11.8. The van der Waals surface area contributed by atoms with Crippen molar-refractivity contribution in [3.63, 3.8) is 0 Å². The zero-order valence-electron chi connectivity index (χ0n) is 21.0. The minimum absolute atomic E-state index is 0.0884. The Morgan fingerprint density at radius 3 is 2.58 bits per heavy atom. The van der Waals surface area contributed by atoms with Gasteiger partial charge in [-0.05, 0) is 50.1 Å². The molecule has 1 aliphatic heterocycles. The summed E-state index contributed by atoms with van der Waals surface area (Å²) in [6.45, 7) is 7.07. The summed E-state index contributed by atoms with van der Waals surface area (Å²) in [5.74, 6) is -0.711. The van der Waals surface area contributed by atoms with Crippen LogP contribution in [0.2, 0.25) is 0 Å². The van der Waals surface area contributed by atoms with Gasteiger partial charge in [-0.1, -0.05) is 6.07 Å². The van der Waals surface area contributed by atoms with E-state index in [4.69, 9.17) is 4.11 Å². The van der Waals surface area contributed by atoms with Gasteiger partial charge in [0.2, 0.25) is 0 Å². The number of piperazine rings is 1. The first kappa shape index (κ1) is 17.4. The Kier molecular flexibility index (Phi) is 4.76. The second-order valence-corrected chi connectivity index (χ2v) is 7.91. The molecule has 1 aromatic carbocycles. The van der Waals surface area contributed by atoms with E-state index in [-0.39, 0.29) is 11.3 Å². The van der Waals surface area contributed by atoms with Crippen LogP contribution in [0.4, 0.5) is 5.69 Å². The number of aromatic nitrogens is 3. The van der Waals surface area contributed by atoms with Crippen LogP contribution in [0.25, 0.3) is 11.0 Å². The number of nitrogens with zero attached hydrogens (tertiary/aromatic N) is 4. The number of anilines is 1. The van der Waals surface area contributed by atoms with E-state index in [9.17, 15) is 9.59 Å². The molecule has 2 aromatic heterocycles. The molecule has 0 atom stereocenters. The molecule has 0 saturated carbocycles. The Morgan fingerprint density at radius 1 is 1.10 bits per heavy atom. The van der Waals surface area contributed by atoms with Crippen LogP contribution in [-0.2, 0) is 6.54 Å². The van der Waals surface area contributed by atoms with E-state index in [1.807, 2.05) is 31.3 Å². The quantitative estimate of drug-likeness (QED) is 0.666. The first-order chi connectivity index (χ1) is 16.0. The molecular formula is C23H28N6O2. The Bertz CT molecular complexity index is 1300. The van der Waals surface area contributed by atoms with Gasteiger partial charge in [-0.15, -0.1) is 0 Å². The topological polar surface area (TPSA) is 94.2 Å². The number of carbonyl (C=O) groups excluding carboxylic acids is 1. The minimum atomic E-state index is -2.55. The summed E-state index contributed by atoms with van der Waals surface area (Å²) in [6, 6.07) is 7.41. The number of aryl methyl sites for hydroxylation is 3. The van der Waals surface area contributed by atoms with E-state index in [0.29, 0.717) is 11.4 Å². The molecule has 0 unspecified atom stereocenters. The number of aromatic amines is 1. The van der Waals surface area contributed by atoms with Crippen molar-refractivity contribution in [2.45, 2.75) is 27.3 Å². The molecule has 2 N–H and O–H groups in total. The van der Waals surface area contributed by atoms with Gasteiger partial charge in [0.1, 0.15) is 11.4 Å². The molecule has 162 valence electrons. The summed E-state index contributed by atoms with van der Waals surface area (Å²) in [5, 5.41) is 1.97. The number of pyridine rings is 1. The van der Waals surface area contributed by atoms with Crippen LogP contribution in [-0.4, -0.2) is 58.9 Å². The lowest BCUT2D eigenvalue weighted by molar-refractivity contribution is 0.0958. The molecule has 0 radical (unpaired) electrons. The molecular weight excluding hydrogens is 392 g/mol. The van der Waals surface area contributed by atoms with Crippen molar-refractivity contribution in [2.75, 3.05) is 38.1 Å². The maximum Gasteiger partial charge on any atom is 0.269 e. The Morgan fingerprint density at radius 2 is 1.87 bits per heavy atom. The molecule has 3 aromatic rings. The second-order valence-electron chi connectivity index (χ2n) is 7.91. The van der Waals surface area contributed by atoms with Crippen LogP contribution in [0.3, 0.4) is 0 Å². The number of hydrogen-bond acceptors (Lipinski definition) is 6. The number of H-pyrrole nitrogens is 1. The minimum Gasteiger partial charge on any atom is -0.368 e. The maximum atomic E-state index is 12.1. The Labute approximate surface area is 185 Å².